The van der Waals surface area contributed by atoms with Gasteiger partial charge in [-0.15, -0.1) is 0 Å². The number of benzene rings is 2. The molecule has 2 N–H and O–H groups in total. The normalized spacial score (nSPS) is 11.3. The Morgan fingerprint density at radius 3 is 2.65 bits per heavy atom. The van der Waals surface area contributed by atoms with E-state index in [0.717, 1.165) is 27.9 Å². The number of hydrogen-bond acceptors (Lipinski definition) is 3. The largest absolute Gasteiger partial charge is 0.354 e. The van der Waals surface area contributed by atoms with E-state index in [1.807, 2.05) is 48.5 Å². The number of H-pyrrole nitrogens is 1. The van der Waals surface area contributed by atoms with Crippen molar-refractivity contribution in [2.24, 2.45) is 7.05 Å². The van der Waals surface area contributed by atoms with E-state index in [9.17, 15) is 9.59 Å². The summed E-state index contributed by atoms with van der Waals surface area (Å²) in [6, 6.07) is 15.3. The van der Waals surface area contributed by atoms with Gasteiger partial charge in [0.2, 0.25) is 5.91 Å². The number of amides is 1. The van der Waals surface area contributed by atoms with E-state index in [1.54, 1.807) is 11.6 Å². The van der Waals surface area contributed by atoms with Crippen molar-refractivity contribution < 1.29 is 4.79 Å². The molecule has 0 bridgehead atoms. The van der Waals surface area contributed by atoms with Crippen molar-refractivity contribution in [3.05, 3.63) is 64.8 Å². The monoisotopic (exact) mass is 349 g/mol. The van der Waals surface area contributed by atoms with Gasteiger partial charge < -0.3 is 10.3 Å². The van der Waals surface area contributed by atoms with E-state index in [0.29, 0.717) is 13.0 Å². The van der Waals surface area contributed by atoms with E-state index in [-0.39, 0.29) is 18.1 Å². The highest BCUT2D eigenvalue weighted by Crippen LogP contribution is 2.11. The van der Waals surface area contributed by atoms with Crippen molar-refractivity contribution in [2.45, 2.75) is 13.0 Å². The van der Waals surface area contributed by atoms with Crippen LogP contribution in [0.1, 0.15) is 5.82 Å². The molecule has 26 heavy (non-hydrogen) atoms. The maximum Gasteiger partial charge on any atom is 0.329 e. The summed E-state index contributed by atoms with van der Waals surface area (Å²) in [7, 11) is 1.71. The van der Waals surface area contributed by atoms with E-state index in [1.165, 1.54) is 4.57 Å². The van der Waals surface area contributed by atoms with Crippen molar-refractivity contribution in [2.75, 3.05) is 6.54 Å². The summed E-state index contributed by atoms with van der Waals surface area (Å²) in [5.41, 5.74) is 3.27. The van der Waals surface area contributed by atoms with Gasteiger partial charge in [-0.1, -0.05) is 24.3 Å². The summed E-state index contributed by atoms with van der Waals surface area (Å²) in [4.78, 5) is 32.3. The molecule has 4 rings (SSSR count). The lowest BCUT2D eigenvalue weighted by atomic mass is 10.3. The molecule has 7 heteroatoms. The fourth-order valence-electron chi connectivity index (χ4n) is 3.16. The van der Waals surface area contributed by atoms with Gasteiger partial charge in [0.15, 0.2) is 0 Å². The van der Waals surface area contributed by atoms with Gasteiger partial charge in [0.1, 0.15) is 12.4 Å². The first kappa shape index (κ1) is 16.1. The third-order valence-corrected chi connectivity index (χ3v) is 4.48. The second-order valence-corrected chi connectivity index (χ2v) is 6.22. The molecule has 0 saturated carbocycles. The average molecular weight is 349 g/mol. The number of aromatic amines is 1. The predicted molar refractivity (Wildman–Crippen MR) is 100.0 cm³/mol. The zero-order chi connectivity index (χ0) is 18.1. The van der Waals surface area contributed by atoms with Crippen molar-refractivity contribution in [1.82, 2.24) is 24.4 Å². The lowest BCUT2D eigenvalue weighted by Crippen LogP contribution is -2.33. The first-order valence-corrected chi connectivity index (χ1v) is 8.48. The van der Waals surface area contributed by atoms with E-state index in [2.05, 4.69) is 15.3 Å². The number of nitrogens with one attached hydrogen (secondary N) is 2. The Balaban J connectivity index is 1.42. The average Bonchev–Trinajstić information content (AvgIpc) is 3.16. The molecule has 0 spiro atoms. The number of imidazole rings is 2. The molecule has 0 aliphatic rings. The highest BCUT2D eigenvalue weighted by molar-refractivity contribution is 5.81. The van der Waals surface area contributed by atoms with Crippen molar-refractivity contribution in [3.8, 4) is 0 Å². The Morgan fingerprint density at radius 1 is 1.12 bits per heavy atom. The minimum atomic E-state index is -0.196. The topological polar surface area (TPSA) is 84.7 Å². The number of rotatable bonds is 5. The van der Waals surface area contributed by atoms with Crippen LogP contribution >= 0.6 is 0 Å². The van der Waals surface area contributed by atoms with Gasteiger partial charge in [0, 0.05) is 20.0 Å². The Labute approximate surface area is 149 Å². The summed E-state index contributed by atoms with van der Waals surface area (Å²) in [5, 5.41) is 2.86. The number of nitrogens with zero attached hydrogens (tertiary/aromatic N) is 3. The number of aromatic nitrogens is 4. The van der Waals surface area contributed by atoms with Crippen LogP contribution in [0.2, 0.25) is 0 Å². The molecule has 0 radical (unpaired) electrons. The molecule has 0 unspecified atom stereocenters. The highest BCUT2D eigenvalue weighted by atomic mass is 16.2. The van der Waals surface area contributed by atoms with Crippen LogP contribution < -0.4 is 11.0 Å². The summed E-state index contributed by atoms with van der Waals surface area (Å²) in [6.07, 6.45) is 0.602. The second-order valence-electron chi connectivity index (χ2n) is 6.22. The molecule has 132 valence electrons. The fraction of sp³-hybridized carbons (Fsp3) is 0.211. The molecule has 2 heterocycles. The molecule has 2 aromatic heterocycles. The van der Waals surface area contributed by atoms with Crippen LogP contribution in [-0.2, 0) is 24.8 Å². The summed E-state index contributed by atoms with van der Waals surface area (Å²) >= 11 is 0. The van der Waals surface area contributed by atoms with Gasteiger partial charge in [-0.05, 0) is 24.3 Å². The Kier molecular flexibility index (Phi) is 4.04. The second kappa shape index (κ2) is 6.51. The van der Waals surface area contributed by atoms with Crippen LogP contribution in [0.15, 0.2) is 53.3 Å². The predicted octanol–water partition coefficient (Wildman–Crippen LogP) is 1.58. The maximum atomic E-state index is 12.3. The Hall–Kier alpha value is -3.35. The van der Waals surface area contributed by atoms with Crippen LogP contribution in [0, 0.1) is 0 Å². The van der Waals surface area contributed by atoms with Gasteiger partial charge in [-0.25, -0.2) is 9.78 Å². The van der Waals surface area contributed by atoms with Gasteiger partial charge in [-0.2, -0.15) is 0 Å². The maximum absolute atomic E-state index is 12.3. The van der Waals surface area contributed by atoms with Crippen LogP contribution in [0.5, 0.6) is 0 Å². The van der Waals surface area contributed by atoms with Gasteiger partial charge in [-0.3, -0.25) is 13.9 Å². The number of carbonyl (C=O) groups is 1. The summed E-state index contributed by atoms with van der Waals surface area (Å²) in [6.45, 7) is 0.457. The quantitative estimate of drug-likeness (QED) is 0.574. The van der Waals surface area contributed by atoms with E-state index < -0.39 is 0 Å². The minimum absolute atomic E-state index is 0.000314. The highest BCUT2D eigenvalue weighted by Gasteiger charge is 2.13. The molecule has 0 aliphatic heterocycles. The van der Waals surface area contributed by atoms with Crippen LogP contribution in [-0.4, -0.2) is 31.6 Å². The van der Waals surface area contributed by atoms with E-state index in [4.69, 9.17) is 0 Å². The molecular weight excluding hydrogens is 330 g/mol. The van der Waals surface area contributed by atoms with Gasteiger partial charge in [0.05, 0.1) is 22.1 Å². The van der Waals surface area contributed by atoms with Crippen LogP contribution in [0.25, 0.3) is 22.1 Å². The van der Waals surface area contributed by atoms with E-state index >= 15 is 0 Å². The number of carbonyl (C=O) groups excluding carboxylic acids is 1. The first-order valence-electron chi connectivity index (χ1n) is 8.48. The molecule has 0 atom stereocenters. The van der Waals surface area contributed by atoms with Crippen molar-refractivity contribution in [3.63, 3.8) is 0 Å². The molecular formula is C19H19N5O2. The van der Waals surface area contributed by atoms with Gasteiger partial charge >= 0.3 is 5.69 Å². The Morgan fingerprint density at radius 2 is 1.85 bits per heavy atom. The van der Waals surface area contributed by atoms with Crippen LogP contribution in [0.3, 0.4) is 0 Å². The van der Waals surface area contributed by atoms with Crippen molar-refractivity contribution >= 4 is 28.0 Å². The number of aryl methyl sites for hydroxylation is 1. The smallest absolute Gasteiger partial charge is 0.329 e. The molecule has 0 saturated heterocycles. The number of hydrogen-bond donors (Lipinski definition) is 2. The molecule has 0 fully saturated rings. The zero-order valence-corrected chi connectivity index (χ0v) is 14.4. The Bertz CT molecular complexity index is 1120. The molecule has 4 aromatic rings. The van der Waals surface area contributed by atoms with Crippen molar-refractivity contribution in [1.29, 1.82) is 0 Å². The first-order chi connectivity index (χ1) is 12.6. The zero-order valence-electron chi connectivity index (χ0n) is 14.4. The molecule has 2 aromatic carbocycles. The molecule has 1 amide bonds. The van der Waals surface area contributed by atoms with Gasteiger partial charge in [0.25, 0.3) is 0 Å². The summed E-state index contributed by atoms with van der Waals surface area (Å²) < 4.78 is 3.04. The SMILES string of the molecule is Cn1c(=O)n(CC(=O)NCCc2nc3ccccc3[nH]2)c2ccccc21. The number of para-hydroxylation sites is 4. The third-order valence-electron chi connectivity index (χ3n) is 4.48. The molecule has 7 nitrogen and oxygen atoms in total. The number of fused-ring (bicyclic) bond motifs is 2. The third kappa shape index (κ3) is 2.88. The fourth-order valence-corrected chi connectivity index (χ4v) is 3.16. The lowest BCUT2D eigenvalue weighted by molar-refractivity contribution is -0.121. The van der Waals surface area contributed by atoms with Crippen LogP contribution in [0.4, 0.5) is 0 Å². The standard InChI is InChI=1S/C19H19N5O2/c1-23-15-8-4-5-9-16(15)24(19(23)26)12-18(25)20-11-10-17-21-13-6-2-3-7-14(13)22-17/h2-9H,10-12H2,1H3,(H,20,25)(H,21,22). The lowest BCUT2D eigenvalue weighted by Gasteiger charge is -2.05. The molecule has 0 aliphatic carbocycles. The minimum Gasteiger partial charge on any atom is -0.354 e. The summed E-state index contributed by atoms with van der Waals surface area (Å²) in [5.74, 6) is 0.633.